The van der Waals surface area contributed by atoms with E-state index in [-0.39, 0.29) is 5.95 Å². The summed E-state index contributed by atoms with van der Waals surface area (Å²) in [5, 5.41) is 14.0. The van der Waals surface area contributed by atoms with Gasteiger partial charge in [0, 0.05) is 18.9 Å². The van der Waals surface area contributed by atoms with Crippen molar-refractivity contribution < 1.29 is 9.53 Å². The van der Waals surface area contributed by atoms with E-state index in [0.29, 0.717) is 23.6 Å². The molecule has 126 valence electrons. The number of para-hydroxylation sites is 1. The fourth-order valence-electron chi connectivity index (χ4n) is 2.14. The van der Waals surface area contributed by atoms with Crippen LogP contribution >= 0.6 is 0 Å². The third-order valence-corrected chi connectivity index (χ3v) is 3.33. The molecule has 3 rings (SSSR count). The number of aromatic nitrogens is 4. The monoisotopic (exact) mass is 336 g/mol. The molecule has 2 heterocycles. The number of pyridine rings is 1. The number of anilines is 3. The van der Waals surface area contributed by atoms with Gasteiger partial charge in [0.2, 0.25) is 5.95 Å². The highest BCUT2D eigenvalue weighted by Crippen LogP contribution is 2.19. The van der Waals surface area contributed by atoms with Gasteiger partial charge in [-0.3, -0.25) is 4.98 Å². The van der Waals surface area contributed by atoms with Crippen molar-refractivity contribution in [2.75, 3.05) is 17.7 Å². The van der Waals surface area contributed by atoms with E-state index < -0.39 is 5.97 Å². The second-order valence-corrected chi connectivity index (χ2v) is 5.04. The van der Waals surface area contributed by atoms with Crippen molar-refractivity contribution in [3.8, 4) is 0 Å². The van der Waals surface area contributed by atoms with Crippen LogP contribution in [0.1, 0.15) is 15.9 Å². The van der Waals surface area contributed by atoms with Crippen molar-refractivity contribution in [1.29, 1.82) is 0 Å². The molecule has 0 aliphatic rings. The molecule has 0 saturated carbocycles. The van der Waals surface area contributed by atoms with Crippen molar-refractivity contribution in [3.05, 3.63) is 66.1 Å². The van der Waals surface area contributed by atoms with Gasteiger partial charge in [-0.15, -0.1) is 5.10 Å². The minimum atomic E-state index is -0.443. The van der Waals surface area contributed by atoms with Crippen molar-refractivity contribution >= 4 is 23.4 Å². The Morgan fingerprint density at radius 2 is 2.04 bits per heavy atom. The summed E-state index contributed by atoms with van der Waals surface area (Å²) < 4.78 is 4.77. The summed E-state index contributed by atoms with van der Waals surface area (Å²) in [5.74, 6) is 0.381. The molecule has 0 atom stereocenters. The predicted octanol–water partition coefficient (Wildman–Crippen LogP) is 2.41. The number of methoxy groups -OCH3 is 1. The molecular formula is C17H16N6O2. The van der Waals surface area contributed by atoms with E-state index >= 15 is 0 Å². The number of rotatable bonds is 6. The van der Waals surface area contributed by atoms with Crippen molar-refractivity contribution in [3.63, 3.8) is 0 Å². The van der Waals surface area contributed by atoms with E-state index in [1.165, 1.54) is 13.3 Å². The van der Waals surface area contributed by atoms with E-state index in [1.54, 1.807) is 36.7 Å². The largest absolute Gasteiger partial charge is 0.465 e. The number of carbonyl (C=O) groups excluding carboxylic acids is 1. The summed E-state index contributed by atoms with van der Waals surface area (Å²) in [4.78, 5) is 20.2. The molecule has 0 amide bonds. The third kappa shape index (κ3) is 4.25. The summed E-state index contributed by atoms with van der Waals surface area (Å²) in [6.45, 7) is 0.560. The van der Waals surface area contributed by atoms with Gasteiger partial charge in [0.1, 0.15) is 0 Å². The van der Waals surface area contributed by atoms with Crippen molar-refractivity contribution in [2.45, 2.75) is 6.54 Å². The van der Waals surface area contributed by atoms with Gasteiger partial charge < -0.3 is 15.4 Å². The summed E-state index contributed by atoms with van der Waals surface area (Å²) in [6, 6.07) is 10.8. The molecule has 0 fully saturated rings. The zero-order chi connectivity index (χ0) is 17.5. The lowest BCUT2D eigenvalue weighted by Gasteiger charge is -2.10. The molecule has 2 aromatic heterocycles. The first-order valence-corrected chi connectivity index (χ1v) is 7.53. The van der Waals surface area contributed by atoms with Crippen LogP contribution < -0.4 is 10.6 Å². The van der Waals surface area contributed by atoms with Crippen LogP contribution in [0.3, 0.4) is 0 Å². The SMILES string of the molecule is COC(=O)c1ccccc1Nc1nncc(NCc2cccnc2)n1. The molecular weight excluding hydrogens is 320 g/mol. The number of carbonyl (C=O) groups is 1. The summed E-state index contributed by atoms with van der Waals surface area (Å²) in [5.41, 5.74) is 1.95. The Hall–Kier alpha value is -3.55. The number of hydrogen-bond donors (Lipinski definition) is 2. The summed E-state index contributed by atoms with van der Waals surface area (Å²) >= 11 is 0. The molecule has 1 aromatic carbocycles. The lowest BCUT2D eigenvalue weighted by atomic mass is 10.2. The second-order valence-electron chi connectivity index (χ2n) is 5.04. The van der Waals surface area contributed by atoms with Crippen molar-refractivity contribution in [2.24, 2.45) is 0 Å². The van der Waals surface area contributed by atoms with E-state index in [0.717, 1.165) is 5.56 Å². The number of hydrogen-bond acceptors (Lipinski definition) is 8. The molecule has 0 aliphatic heterocycles. The van der Waals surface area contributed by atoms with E-state index in [9.17, 15) is 4.79 Å². The number of benzene rings is 1. The van der Waals surface area contributed by atoms with E-state index in [4.69, 9.17) is 4.74 Å². The molecule has 0 saturated heterocycles. The highest BCUT2D eigenvalue weighted by molar-refractivity contribution is 5.96. The maximum atomic E-state index is 11.8. The van der Waals surface area contributed by atoms with Gasteiger partial charge in [-0.1, -0.05) is 18.2 Å². The number of nitrogens with zero attached hydrogens (tertiary/aromatic N) is 4. The number of esters is 1. The Bertz CT molecular complexity index is 857. The van der Waals surface area contributed by atoms with Crippen LogP contribution in [0.5, 0.6) is 0 Å². The topological polar surface area (TPSA) is 102 Å². The zero-order valence-corrected chi connectivity index (χ0v) is 13.5. The first-order chi connectivity index (χ1) is 12.3. The smallest absolute Gasteiger partial charge is 0.339 e. The molecule has 0 bridgehead atoms. The number of nitrogens with one attached hydrogen (secondary N) is 2. The molecule has 0 unspecified atom stereocenters. The van der Waals surface area contributed by atoms with Crippen molar-refractivity contribution in [1.82, 2.24) is 20.2 Å². The van der Waals surface area contributed by atoms with E-state index in [1.807, 2.05) is 12.1 Å². The quantitative estimate of drug-likeness (QED) is 0.662. The van der Waals surface area contributed by atoms with Crippen LogP contribution in [0.4, 0.5) is 17.5 Å². The molecule has 25 heavy (non-hydrogen) atoms. The zero-order valence-electron chi connectivity index (χ0n) is 13.5. The van der Waals surface area contributed by atoms with Crippen LogP contribution in [0.25, 0.3) is 0 Å². The van der Waals surface area contributed by atoms with Crippen LogP contribution in [-0.4, -0.2) is 33.2 Å². The Morgan fingerprint density at radius 3 is 2.84 bits per heavy atom. The Balaban J connectivity index is 1.73. The average molecular weight is 336 g/mol. The van der Waals surface area contributed by atoms with E-state index in [2.05, 4.69) is 30.8 Å². The predicted molar refractivity (Wildman–Crippen MR) is 92.5 cm³/mol. The first kappa shape index (κ1) is 16.3. The second kappa shape index (κ2) is 7.82. The maximum absolute atomic E-state index is 11.8. The Labute approximate surface area is 144 Å². The lowest BCUT2D eigenvalue weighted by Crippen LogP contribution is -2.09. The van der Waals surface area contributed by atoms with Gasteiger partial charge in [0.15, 0.2) is 5.82 Å². The van der Waals surface area contributed by atoms with Gasteiger partial charge in [0.05, 0.1) is 24.6 Å². The highest BCUT2D eigenvalue weighted by atomic mass is 16.5. The molecule has 0 radical (unpaired) electrons. The average Bonchev–Trinajstić information content (AvgIpc) is 2.67. The normalized spacial score (nSPS) is 10.1. The fourth-order valence-corrected chi connectivity index (χ4v) is 2.14. The Kier molecular flexibility index (Phi) is 5.10. The Morgan fingerprint density at radius 1 is 1.16 bits per heavy atom. The highest BCUT2D eigenvalue weighted by Gasteiger charge is 2.12. The summed E-state index contributed by atoms with van der Waals surface area (Å²) in [6.07, 6.45) is 5.01. The maximum Gasteiger partial charge on any atom is 0.339 e. The molecule has 2 N–H and O–H groups in total. The molecule has 3 aromatic rings. The third-order valence-electron chi connectivity index (χ3n) is 3.33. The van der Waals surface area contributed by atoms with Crippen LogP contribution in [0.15, 0.2) is 55.0 Å². The molecule has 0 spiro atoms. The molecule has 8 nitrogen and oxygen atoms in total. The van der Waals surface area contributed by atoms with Gasteiger partial charge in [-0.05, 0) is 23.8 Å². The van der Waals surface area contributed by atoms with Gasteiger partial charge in [-0.2, -0.15) is 10.1 Å². The van der Waals surface area contributed by atoms with Crippen LogP contribution in [-0.2, 0) is 11.3 Å². The summed E-state index contributed by atoms with van der Waals surface area (Å²) in [7, 11) is 1.33. The van der Waals surface area contributed by atoms with Gasteiger partial charge in [-0.25, -0.2) is 4.79 Å². The van der Waals surface area contributed by atoms with Gasteiger partial charge >= 0.3 is 5.97 Å². The molecule has 0 aliphatic carbocycles. The van der Waals surface area contributed by atoms with Crippen LogP contribution in [0, 0.1) is 0 Å². The number of ether oxygens (including phenoxy) is 1. The van der Waals surface area contributed by atoms with Gasteiger partial charge in [0.25, 0.3) is 0 Å². The first-order valence-electron chi connectivity index (χ1n) is 7.53. The lowest BCUT2D eigenvalue weighted by molar-refractivity contribution is 0.0602. The standard InChI is InChI=1S/C17H16N6O2/c1-25-16(24)13-6-2-3-7-14(13)21-17-22-15(11-20-23-17)19-10-12-5-4-8-18-9-12/h2-9,11H,10H2,1H3,(H2,19,21,22,23). The fraction of sp³-hybridized carbons (Fsp3) is 0.118. The van der Waals surface area contributed by atoms with Crippen LogP contribution in [0.2, 0.25) is 0 Å². The minimum absolute atomic E-state index is 0.271. The minimum Gasteiger partial charge on any atom is -0.465 e. The molecule has 8 heteroatoms.